The van der Waals surface area contributed by atoms with Crippen LogP contribution in [0.5, 0.6) is 0 Å². The van der Waals surface area contributed by atoms with Gasteiger partial charge in [0.15, 0.2) is 0 Å². The van der Waals surface area contributed by atoms with Crippen LogP contribution in [0.1, 0.15) is 11.1 Å². The number of nitrogens with zero attached hydrogens (tertiary/aromatic N) is 1. The number of carbonyl (C=O) groups is 1. The molecule has 7 heteroatoms. The Morgan fingerprint density at radius 1 is 1.23 bits per heavy atom. The molecule has 0 aliphatic heterocycles. The number of anilines is 1. The summed E-state index contributed by atoms with van der Waals surface area (Å²) in [5.41, 5.74) is 4.73. The molecular formula is C15H12BrCl2N3O. The van der Waals surface area contributed by atoms with E-state index in [1.54, 1.807) is 24.3 Å². The van der Waals surface area contributed by atoms with E-state index in [0.717, 1.165) is 10.0 Å². The minimum atomic E-state index is -0.442. The Kier molecular flexibility index (Phi) is 5.83. The van der Waals surface area contributed by atoms with E-state index in [9.17, 15) is 4.79 Å². The molecule has 0 aromatic heterocycles. The highest BCUT2D eigenvalue weighted by atomic mass is 79.9. The molecule has 4 nitrogen and oxygen atoms in total. The molecule has 2 amide bonds. The van der Waals surface area contributed by atoms with Crippen LogP contribution in [0.4, 0.5) is 10.5 Å². The molecule has 2 rings (SSSR count). The number of hydrazone groups is 1. The SMILES string of the molecule is Cc1cc(NC(=O)N/N=C/c2ccc(Cl)cc2Cl)ccc1Br. The number of urea groups is 1. The second-order valence-corrected chi connectivity index (χ2v) is 6.15. The van der Waals surface area contributed by atoms with Crippen LogP contribution in [0.2, 0.25) is 10.0 Å². The Balaban J connectivity index is 1.94. The number of hydrogen-bond acceptors (Lipinski definition) is 2. The van der Waals surface area contributed by atoms with Crippen LogP contribution in [0, 0.1) is 6.92 Å². The van der Waals surface area contributed by atoms with E-state index in [4.69, 9.17) is 23.2 Å². The van der Waals surface area contributed by atoms with E-state index in [-0.39, 0.29) is 0 Å². The fraction of sp³-hybridized carbons (Fsp3) is 0.0667. The number of rotatable bonds is 3. The van der Waals surface area contributed by atoms with Gasteiger partial charge in [-0.05, 0) is 42.8 Å². The average Bonchev–Trinajstić information content (AvgIpc) is 2.45. The van der Waals surface area contributed by atoms with Crippen molar-refractivity contribution in [3.05, 3.63) is 62.0 Å². The number of halogens is 3. The van der Waals surface area contributed by atoms with Gasteiger partial charge < -0.3 is 5.32 Å². The fourth-order valence-corrected chi connectivity index (χ4v) is 2.35. The predicted octanol–water partition coefficient (Wildman–Crippen LogP) is 5.22. The van der Waals surface area contributed by atoms with E-state index >= 15 is 0 Å². The maximum atomic E-state index is 11.7. The van der Waals surface area contributed by atoms with Crippen LogP contribution in [0.25, 0.3) is 0 Å². The minimum absolute atomic E-state index is 0.442. The Bertz CT molecular complexity index is 735. The summed E-state index contributed by atoms with van der Waals surface area (Å²) in [6.07, 6.45) is 1.45. The highest BCUT2D eigenvalue weighted by Crippen LogP contribution is 2.20. The van der Waals surface area contributed by atoms with Crippen LogP contribution in [0.3, 0.4) is 0 Å². The van der Waals surface area contributed by atoms with Crippen LogP contribution >= 0.6 is 39.1 Å². The summed E-state index contributed by atoms with van der Waals surface area (Å²) in [6.45, 7) is 1.94. The van der Waals surface area contributed by atoms with Gasteiger partial charge in [-0.2, -0.15) is 5.10 Å². The van der Waals surface area contributed by atoms with Crippen molar-refractivity contribution in [1.29, 1.82) is 0 Å². The van der Waals surface area contributed by atoms with E-state index in [1.165, 1.54) is 6.21 Å². The zero-order valence-electron chi connectivity index (χ0n) is 11.5. The molecule has 0 spiro atoms. The van der Waals surface area contributed by atoms with Crippen LogP contribution < -0.4 is 10.7 Å². The first-order valence-corrected chi connectivity index (χ1v) is 7.82. The third-order valence-corrected chi connectivity index (χ3v) is 4.20. The number of hydrogen-bond donors (Lipinski definition) is 2. The third kappa shape index (κ3) is 4.73. The largest absolute Gasteiger partial charge is 0.339 e. The molecule has 2 aromatic carbocycles. The lowest BCUT2D eigenvalue weighted by Gasteiger charge is -2.06. The number of aryl methyl sites for hydroxylation is 1. The smallest absolute Gasteiger partial charge is 0.307 e. The molecule has 114 valence electrons. The van der Waals surface area contributed by atoms with E-state index < -0.39 is 6.03 Å². The van der Waals surface area contributed by atoms with E-state index in [1.807, 2.05) is 19.1 Å². The van der Waals surface area contributed by atoms with Crippen molar-refractivity contribution in [3.63, 3.8) is 0 Å². The van der Waals surface area contributed by atoms with Gasteiger partial charge in [-0.1, -0.05) is 45.2 Å². The summed E-state index contributed by atoms with van der Waals surface area (Å²) in [6, 6.07) is 10.1. The maximum absolute atomic E-state index is 11.7. The first-order valence-electron chi connectivity index (χ1n) is 6.27. The Morgan fingerprint density at radius 2 is 2.00 bits per heavy atom. The summed E-state index contributed by atoms with van der Waals surface area (Å²) < 4.78 is 0.980. The van der Waals surface area contributed by atoms with E-state index in [2.05, 4.69) is 31.8 Å². The van der Waals surface area contributed by atoms with Gasteiger partial charge in [0.2, 0.25) is 0 Å². The van der Waals surface area contributed by atoms with Crippen molar-refractivity contribution in [3.8, 4) is 0 Å². The van der Waals surface area contributed by atoms with Crippen molar-refractivity contribution >= 4 is 57.1 Å². The quantitative estimate of drug-likeness (QED) is 0.538. The summed E-state index contributed by atoms with van der Waals surface area (Å²) in [5.74, 6) is 0. The Labute approximate surface area is 146 Å². The topological polar surface area (TPSA) is 53.5 Å². The standard InChI is InChI=1S/C15H12BrCl2N3O/c1-9-6-12(4-5-13(9)16)20-15(22)21-19-8-10-2-3-11(17)7-14(10)18/h2-8H,1H3,(H2,20,21,22)/b19-8+. The summed E-state index contributed by atoms with van der Waals surface area (Å²) >= 11 is 15.2. The second-order valence-electron chi connectivity index (χ2n) is 4.45. The van der Waals surface area contributed by atoms with Crippen molar-refractivity contribution in [2.75, 3.05) is 5.32 Å². The molecule has 0 aliphatic rings. The molecule has 0 aliphatic carbocycles. The second kappa shape index (κ2) is 7.63. The van der Waals surface area contributed by atoms with Crippen molar-refractivity contribution in [2.45, 2.75) is 6.92 Å². The summed E-state index contributed by atoms with van der Waals surface area (Å²) in [4.78, 5) is 11.7. The van der Waals surface area contributed by atoms with Gasteiger partial charge >= 0.3 is 6.03 Å². The van der Waals surface area contributed by atoms with Gasteiger partial charge in [0, 0.05) is 20.7 Å². The van der Waals surface area contributed by atoms with Crippen molar-refractivity contribution in [2.24, 2.45) is 5.10 Å². The lowest BCUT2D eigenvalue weighted by Crippen LogP contribution is -2.24. The maximum Gasteiger partial charge on any atom is 0.339 e. The van der Waals surface area contributed by atoms with E-state index in [0.29, 0.717) is 21.3 Å². The normalized spacial score (nSPS) is 10.7. The minimum Gasteiger partial charge on any atom is -0.307 e. The van der Waals surface area contributed by atoms with Gasteiger partial charge in [0.1, 0.15) is 0 Å². The van der Waals surface area contributed by atoms with Gasteiger partial charge in [-0.15, -0.1) is 0 Å². The first kappa shape index (κ1) is 16.8. The number of carbonyl (C=O) groups excluding carboxylic acids is 1. The van der Waals surface area contributed by atoms with Crippen LogP contribution in [0.15, 0.2) is 46.0 Å². The molecule has 0 saturated heterocycles. The molecule has 0 radical (unpaired) electrons. The van der Waals surface area contributed by atoms with Gasteiger partial charge in [-0.25, -0.2) is 10.2 Å². The van der Waals surface area contributed by atoms with Gasteiger partial charge in [-0.3, -0.25) is 0 Å². The summed E-state index contributed by atoms with van der Waals surface area (Å²) in [7, 11) is 0. The Morgan fingerprint density at radius 3 is 2.68 bits per heavy atom. The monoisotopic (exact) mass is 399 g/mol. The molecule has 22 heavy (non-hydrogen) atoms. The number of amides is 2. The lowest BCUT2D eigenvalue weighted by molar-refractivity contribution is 0.252. The number of benzene rings is 2. The summed E-state index contributed by atoms with van der Waals surface area (Å²) in [5, 5.41) is 7.53. The molecule has 0 fully saturated rings. The van der Waals surface area contributed by atoms with Crippen molar-refractivity contribution in [1.82, 2.24) is 5.43 Å². The average molecular weight is 401 g/mol. The lowest BCUT2D eigenvalue weighted by atomic mass is 10.2. The third-order valence-electron chi connectivity index (χ3n) is 2.75. The molecule has 0 bridgehead atoms. The molecule has 0 unspecified atom stereocenters. The highest BCUT2D eigenvalue weighted by molar-refractivity contribution is 9.10. The highest BCUT2D eigenvalue weighted by Gasteiger charge is 2.02. The van der Waals surface area contributed by atoms with Gasteiger partial charge in [0.05, 0.1) is 11.2 Å². The molecular weight excluding hydrogens is 389 g/mol. The molecule has 2 N–H and O–H groups in total. The van der Waals surface area contributed by atoms with Crippen LogP contribution in [-0.4, -0.2) is 12.2 Å². The Hall–Kier alpha value is -1.56. The molecule has 2 aromatic rings. The van der Waals surface area contributed by atoms with Crippen molar-refractivity contribution < 1.29 is 4.79 Å². The predicted molar refractivity (Wildman–Crippen MR) is 95.1 cm³/mol. The first-order chi connectivity index (χ1) is 10.5. The molecule has 0 saturated carbocycles. The zero-order valence-corrected chi connectivity index (χ0v) is 14.6. The number of nitrogens with one attached hydrogen (secondary N) is 2. The van der Waals surface area contributed by atoms with Gasteiger partial charge in [0.25, 0.3) is 0 Å². The molecule has 0 heterocycles. The molecule has 0 atom stereocenters. The zero-order chi connectivity index (χ0) is 16.1. The fourth-order valence-electron chi connectivity index (χ4n) is 1.65. The van der Waals surface area contributed by atoms with Crippen LogP contribution in [-0.2, 0) is 0 Å².